The maximum Gasteiger partial charge on any atom is 0.374 e. The van der Waals surface area contributed by atoms with Crippen LogP contribution in [0.15, 0.2) is 63.8 Å². The Morgan fingerprint density at radius 1 is 1.04 bits per heavy atom. The SMILES string of the molecule is Cc1ccc2oc(C(=O)OCC(=O)NC(=O)c3ccccc3)cc(=O)c2c1. The highest BCUT2D eigenvalue weighted by Crippen LogP contribution is 2.14. The molecule has 0 saturated carbocycles. The number of carbonyl (C=O) groups excluding carboxylic acids is 3. The molecule has 0 aliphatic carbocycles. The summed E-state index contributed by atoms with van der Waals surface area (Å²) in [5, 5.41) is 2.45. The molecule has 0 unspecified atom stereocenters. The summed E-state index contributed by atoms with van der Waals surface area (Å²) >= 11 is 0. The van der Waals surface area contributed by atoms with Crippen LogP contribution < -0.4 is 10.7 Å². The molecule has 0 aliphatic rings. The zero-order valence-corrected chi connectivity index (χ0v) is 14.4. The Kier molecular flexibility index (Phi) is 5.12. The third-order valence-electron chi connectivity index (χ3n) is 3.71. The van der Waals surface area contributed by atoms with E-state index < -0.39 is 29.8 Å². The summed E-state index contributed by atoms with van der Waals surface area (Å²) in [4.78, 5) is 47.8. The second-order valence-corrected chi connectivity index (χ2v) is 5.79. The van der Waals surface area contributed by atoms with E-state index in [0.717, 1.165) is 11.6 Å². The summed E-state index contributed by atoms with van der Waals surface area (Å²) < 4.78 is 10.2. The molecule has 0 fully saturated rings. The first kappa shape index (κ1) is 18.1. The van der Waals surface area contributed by atoms with Crippen molar-refractivity contribution in [3.63, 3.8) is 0 Å². The van der Waals surface area contributed by atoms with Crippen molar-refractivity contribution in [3.8, 4) is 0 Å². The molecule has 27 heavy (non-hydrogen) atoms. The van der Waals surface area contributed by atoms with Gasteiger partial charge in [0.25, 0.3) is 11.8 Å². The lowest BCUT2D eigenvalue weighted by Gasteiger charge is -2.06. The average molecular weight is 365 g/mol. The van der Waals surface area contributed by atoms with Crippen molar-refractivity contribution < 1.29 is 23.5 Å². The molecule has 1 heterocycles. The van der Waals surface area contributed by atoms with Crippen molar-refractivity contribution in [2.24, 2.45) is 0 Å². The van der Waals surface area contributed by atoms with Gasteiger partial charge in [0, 0.05) is 11.6 Å². The topological polar surface area (TPSA) is 103 Å². The van der Waals surface area contributed by atoms with E-state index in [4.69, 9.17) is 9.15 Å². The number of ether oxygens (including phenoxy) is 1. The van der Waals surface area contributed by atoms with E-state index in [2.05, 4.69) is 5.32 Å². The van der Waals surface area contributed by atoms with Gasteiger partial charge in [0.1, 0.15) is 5.58 Å². The number of amides is 2. The lowest BCUT2D eigenvalue weighted by molar-refractivity contribution is -0.123. The summed E-state index contributed by atoms with van der Waals surface area (Å²) in [5.74, 6) is -2.70. The smallest absolute Gasteiger partial charge is 0.374 e. The molecule has 2 amide bonds. The van der Waals surface area contributed by atoms with Gasteiger partial charge in [-0.15, -0.1) is 0 Å². The number of carbonyl (C=O) groups is 3. The Labute approximate surface area is 153 Å². The average Bonchev–Trinajstić information content (AvgIpc) is 2.67. The van der Waals surface area contributed by atoms with E-state index in [0.29, 0.717) is 10.9 Å². The van der Waals surface area contributed by atoms with Gasteiger partial charge < -0.3 is 9.15 Å². The third kappa shape index (κ3) is 4.27. The van der Waals surface area contributed by atoms with E-state index in [-0.39, 0.29) is 11.3 Å². The number of nitrogens with one attached hydrogen (secondary N) is 1. The highest BCUT2D eigenvalue weighted by molar-refractivity contribution is 6.05. The first-order valence-corrected chi connectivity index (χ1v) is 8.05. The largest absolute Gasteiger partial charge is 0.450 e. The predicted octanol–water partition coefficient (Wildman–Crippen LogP) is 2.21. The van der Waals surface area contributed by atoms with Gasteiger partial charge in [-0.2, -0.15) is 0 Å². The van der Waals surface area contributed by atoms with Crippen LogP contribution >= 0.6 is 0 Å². The first-order chi connectivity index (χ1) is 12.9. The fourth-order valence-electron chi connectivity index (χ4n) is 2.40. The highest BCUT2D eigenvalue weighted by atomic mass is 16.5. The van der Waals surface area contributed by atoms with Crippen LogP contribution in [0.25, 0.3) is 11.0 Å². The number of benzene rings is 2. The molecule has 0 atom stereocenters. The fraction of sp³-hybridized carbons (Fsp3) is 0.100. The molecule has 3 rings (SSSR count). The maximum absolute atomic E-state index is 12.1. The van der Waals surface area contributed by atoms with Crippen LogP contribution in [0.3, 0.4) is 0 Å². The van der Waals surface area contributed by atoms with Crippen LogP contribution in [0.4, 0.5) is 0 Å². The van der Waals surface area contributed by atoms with Gasteiger partial charge in [-0.05, 0) is 31.2 Å². The highest BCUT2D eigenvalue weighted by Gasteiger charge is 2.17. The van der Waals surface area contributed by atoms with Gasteiger partial charge in [0.05, 0.1) is 5.39 Å². The number of hydrogen-bond donors (Lipinski definition) is 1. The number of fused-ring (bicyclic) bond motifs is 1. The van der Waals surface area contributed by atoms with Gasteiger partial charge in [-0.3, -0.25) is 19.7 Å². The van der Waals surface area contributed by atoms with Gasteiger partial charge in [0.15, 0.2) is 12.0 Å². The molecule has 3 aromatic rings. The molecule has 0 aliphatic heterocycles. The molecule has 1 N–H and O–H groups in total. The van der Waals surface area contributed by atoms with Gasteiger partial charge in [0.2, 0.25) is 5.76 Å². The summed E-state index contributed by atoms with van der Waals surface area (Å²) in [6, 6.07) is 14.1. The van der Waals surface area contributed by atoms with E-state index >= 15 is 0 Å². The van der Waals surface area contributed by atoms with Crippen LogP contribution in [0.5, 0.6) is 0 Å². The zero-order chi connectivity index (χ0) is 19.4. The standard InChI is InChI=1S/C20H15NO6/c1-12-7-8-16-14(9-12)15(22)10-17(27-16)20(25)26-11-18(23)21-19(24)13-5-3-2-4-6-13/h2-10H,11H2,1H3,(H,21,23,24). The molecule has 7 nitrogen and oxygen atoms in total. The Bertz CT molecular complexity index is 1080. The van der Waals surface area contributed by atoms with Crippen molar-refractivity contribution in [3.05, 3.63) is 81.7 Å². The fourth-order valence-corrected chi connectivity index (χ4v) is 2.40. The van der Waals surface area contributed by atoms with E-state index in [1.54, 1.807) is 48.5 Å². The van der Waals surface area contributed by atoms with Gasteiger partial charge in [-0.25, -0.2) is 4.79 Å². The van der Waals surface area contributed by atoms with E-state index in [1.165, 1.54) is 0 Å². The minimum absolute atomic E-state index is 0.240. The monoisotopic (exact) mass is 365 g/mol. The van der Waals surface area contributed by atoms with Crippen molar-refractivity contribution in [2.45, 2.75) is 6.92 Å². The van der Waals surface area contributed by atoms with Crippen LogP contribution in [-0.4, -0.2) is 24.4 Å². The van der Waals surface area contributed by atoms with Crippen LogP contribution in [0.1, 0.15) is 26.5 Å². The summed E-state index contributed by atoms with van der Waals surface area (Å²) in [7, 11) is 0. The molecule has 0 radical (unpaired) electrons. The van der Waals surface area contributed by atoms with Crippen LogP contribution in [-0.2, 0) is 9.53 Å². The molecule has 1 aromatic heterocycles. The van der Waals surface area contributed by atoms with Crippen molar-refractivity contribution >= 4 is 28.8 Å². The summed E-state index contributed by atoms with van der Waals surface area (Å²) in [5.41, 5.74) is 1.03. The molecule has 2 aromatic carbocycles. The maximum atomic E-state index is 12.1. The molecular formula is C20H15NO6. The Hall–Kier alpha value is -3.74. The Morgan fingerprint density at radius 2 is 1.78 bits per heavy atom. The molecular weight excluding hydrogens is 350 g/mol. The lowest BCUT2D eigenvalue weighted by Crippen LogP contribution is -2.34. The van der Waals surface area contributed by atoms with E-state index in [9.17, 15) is 19.2 Å². The second kappa shape index (κ2) is 7.65. The lowest BCUT2D eigenvalue weighted by atomic mass is 10.1. The number of esters is 1. The van der Waals surface area contributed by atoms with E-state index in [1.807, 2.05) is 6.92 Å². The third-order valence-corrected chi connectivity index (χ3v) is 3.71. The molecule has 0 bridgehead atoms. The summed E-state index contributed by atoms with van der Waals surface area (Å²) in [6.45, 7) is 1.14. The molecule has 136 valence electrons. The predicted molar refractivity (Wildman–Crippen MR) is 96.4 cm³/mol. The summed E-state index contributed by atoms with van der Waals surface area (Å²) in [6.07, 6.45) is 0. The molecule has 0 spiro atoms. The quantitative estimate of drug-likeness (QED) is 0.711. The van der Waals surface area contributed by atoms with Crippen molar-refractivity contribution in [2.75, 3.05) is 6.61 Å². The minimum atomic E-state index is -0.975. The number of imide groups is 1. The van der Waals surface area contributed by atoms with Crippen LogP contribution in [0.2, 0.25) is 0 Å². The second-order valence-electron chi connectivity index (χ2n) is 5.79. The Morgan fingerprint density at radius 3 is 2.52 bits per heavy atom. The van der Waals surface area contributed by atoms with Gasteiger partial charge >= 0.3 is 5.97 Å². The van der Waals surface area contributed by atoms with Gasteiger partial charge in [-0.1, -0.05) is 29.8 Å². The first-order valence-electron chi connectivity index (χ1n) is 8.05. The number of rotatable bonds is 4. The van der Waals surface area contributed by atoms with Crippen molar-refractivity contribution in [1.29, 1.82) is 0 Å². The van der Waals surface area contributed by atoms with Crippen molar-refractivity contribution in [1.82, 2.24) is 5.32 Å². The van der Waals surface area contributed by atoms with Crippen LogP contribution in [0, 0.1) is 6.92 Å². The minimum Gasteiger partial charge on any atom is -0.450 e. The Balaban J connectivity index is 1.64. The number of aryl methyl sites for hydroxylation is 1. The molecule has 7 heteroatoms. The zero-order valence-electron chi connectivity index (χ0n) is 14.4. The molecule has 0 saturated heterocycles. The normalized spacial score (nSPS) is 10.4. The number of hydrogen-bond acceptors (Lipinski definition) is 6.